The van der Waals surface area contributed by atoms with E-state index in [1.807, 2.05) is 0 Å². The molecule has 0 aliphatic carbocycles. The van der Waals surface area contributed by atoms with Crippen LogP contribution in [0.15, 0.2) is 12.1 Å². The fraction of sp³-hybridized carbons (Fsp3) is 0.385. The minimum atomic E-state index is -0.937. The van der Waals surface area contributed by atoms with Crippen LogP contribution in [0.1, 0.15) is 17.5 Å². The molecule has 1 aliphatic heterocycles. The van der Waals surface area contributed by atoms with E-state index in [-0.39, 0.29) is 19.0 Å². The van der Waals surface area contributed by atoms with E-state index in [0.717, 1.165) is 11.1 Å². The standard InChI is InChI=1S/C13H14Cl2N2O3/c14-9-5-8-7-17(4-2-10(8)11(15)6-9)13(20)16-3-1-12(18)19/h5-6H,1-4,7H2,(H,16,20)(H,18,19). The van der Waals surface area contributed by atoms with Gasteiger partial charge in [-0.15, -0.1) is 0 Å². The predicted molar refractivity (Wildman–Crippen MR) is 76.2 cm³/mol. The van der Waals surface area contributed by atoms with Gasteiger partial charge in [-0.1, -0.05) is 23.2 Å². The molecule has 2 amide bonds. The van der Waals surface area contributed by atoms with Crippen LogP contribution in [0.2, 0.25) is 10.0 Å². The molecule has 2 rings (SSSR count). The van der Waals surface area contributed by atoms with Crippen molar-refractivity contribution in [2.75, 3.05) is 13.1 Å². The Balaban J connectivity index is 2.00. The molecule has 108 valence electrons. The number of urea groups is 1. The number of carbonyl (C=O) groups is 2. The molecule has 1 aromatic carbocycles. The number of halogens is 2. The highest BCUT2D eigenvalue weighted by molar-refractivity contribution is 6.35. The SMILES string of the molecule is O=C(O)CCNC(=O)N1CCc2c(Cl)cc(Cl)cc2C1. The van der Waals surface area contributed by atoms with Gasteiger partial charge < -0.3 is 15.3 Å². The van der Waals surface area contributed by atoms with Crippen LogP contribution in [0, 0.1) is 0 Å². The van der Waals surface area contributed by atoms with Gasteiger partial charge in [0.05, 0.1) is 6.42 Å². The highest BCUT2D eigenvalue weighted by Crippen LogP contribution is 2.29. The minimum absolute atomic E-state index is 0.0895. The Morgan fingerprint density at radius 1 is 1.35 bits per heavy atom. The van der Waals surface area contributed by atoms with E-state index in [0.29, 0.717) is 29.6 Å². The third-order valence-corrected chi connectivity index (χ3v) is 3.70. The quantitative estimate of drug-likeness (QED) is 0.900. The van der Waals surface area contributed by atoms with Gasteiger partial charge in [-0.05, 0) is 29.7 Å². The highest BCUT2D eigenvalue weighted by Gasteiger charge is 2.22. The zero-order valence-corrected chi connectivity index (χ0v) is 12.2. The Morgan fingerprint density at radius 3 is 2.80 bits per heavy atom. The van der Waals surface area contributed by atoms with Crippen LogP contribution < -0.4 is 5.32 Å². The first-order valence-electron chi connectivity index (χ1n) is 6.18. The molecule has 7 heteroatoms. The number of nitrogens with zero attached hydrogens (tertiary/aromatic N) is 1. The summed E-state index contributed by atoms with van der Waals surface area (Å²) in [6.45, 7) is 1.09. The number of carbonyl (C=O) groups excluding carboxylic acids is 1. The summed E-state index contributed by atoms with van der Waals surface area (Å²) in [6.07, 6.45) is 0.575. The lowest BCUT2D eigenvalue weighted by Crippen LogP contribution is -2.43. The summed E-state index contributed by atoms with van der Waals surface area (Å²) in [5.74, 6) is -0.937. The van der Waals surface area contributed by atoms with E-state index < -0.39 is 5.97 Å². The Morgan fingerprint density at radius 2 is 2.10 bits per heavy atom. The van der Waals surface area contributed by atoms with Crippen LogP contribution in [0.3, 0.4) is 0 Å². The Kier molecular flexibility index (Phi) is 4.73. The van der Waals surface area contributed by atoms with E-state index in [1.165, 1.54) is 0 Å². The first-order valence-corrected chi connectivity index (χ1v) is 6.94. The van der Waals surface area contributed by atoms with E-state index in [4.69, 9.17) is 28.3 Å². The van der Waals surface area contributed by atoms with Crippen LogP contribution in [0.5, 0.6) is 0 Å². The van der Waals surface area contributed by atoms with Gasteiger partial charge in [0.2, 0.25) is 0 Å². The van der Waals surface area contributed by atoms with Gasteiger partial charge in [0.1, 0.15) is 0 Å². The van der Waals surface area contributed by atoms with Crippen molar-refractivity contribution in [3.63, 3.8) is 0 Å². The zero-order valence-electron chi connectivity index (χ0n) is 10.7. The summed E-state index contributed by atoms with van der Waals surface area (Å²) in [5.41, 5.74) is 1.95. The van der Waals surface area contributed by atoms with Crippen LogP contribution in [0.4, 0.5) is 4.79 Å². The first kappa shape index (κ1) is 14.9. The molecule has 20 heavy (non-hydrogen) atoms. The average molecular weight is 317 g/mol. The van der Waals surface area contributed by atoms with Crippen molar-refractivity contribution >= 4 is 35.2 Å². The fourth-order valence-electron chi connectivity index (χ4n) is 2.17. The Labute approximate surface area is 126 Å². The largest absolute Gasteiger partial charge is 0.481 e. The number of fused-ring (bicyclic) bond motifs is 1. The van der Waals surface area contributed by atoms with E-state index in [1.54, 1.807) is 17.0 Å². The summed E-state index contributed by atoms with van der Waals surface area (Å²) in [5, 5.41) is 12.3. The molecule has 1 aromatic rings. The summed E-state index contributed by atoms with van der Waals surface area (Å²) in [7, 11) is 0. The van der Waals surface area contributed by atoms with Crippen LogP contribution in [0.25, 0.3) is 0 Å². The van der Waals surface area contributed by atoms with Crippen molar-refractivity contribution in [1.82, 2.24) is 10.2 Å². The van der Waals surface area contributed by atoms with Gasteiger partial charge in [-0.25, -0.2) is 4.79 Å². The summed E-state index contributed by atoms with van der Waals surface area (Å²) < 4.78 is 0. The van der Waals surface area contributed by atoms with Crippen molar-refractivity contribution in [1.29, 1.82) is 0 Å². The fourth-order valence-corrected chi connectivity index (χ4v) is 2.80. The molecular weight excluding hydrogens is 303 g/mol. The molecule has 0 spiro atoms. The molecule has 2 N–H and O–H groups in total. The molecular formula is C13H14Cl2N2O3. The van der Waals surface area contributed by atoms with E-state index in [9.17, 15) is 9.59 Å². The summed E-state index contributed by atoms with van der Waals surface area (Å²) in [6, 6.07) is 3.23. The van der Waals surface area contributed by atoms with Crippen molar-refractivity contribution in [2.24, 2.45) is 0 Å². The molecule has 0 radical (unpaired) electrons. The summed E-state index contributed by atoms with van der Waals surface area (Å²) >= 11 is 12.1. The van der Waals surface area contributed by atoms with E-state index >= 15 is 0 Å². The molecule has 1 aliphatic rings. The van der Waals surface area contributed by atoms with E-state index in [2.05, 4.69) is 5.32 Å². The third kappa shape index (κ3) is 3.55. The molecule has 0 unspecified atom stereocenters. The van der Waals surface area contributed by atoms with Crippen LogP contribution in [-0.4, -0.2) is 35.1 Å². The first-order chi connectivity index (χ1) is 9.47. The number of nitrogens with one attached hydrogen (secondary N) is 1. The van der Waals surface area contributed by atoms with Crippen molar-refractivity contribution in [2.45, 2.75) is 19.4 Å². The molecule has 0 saturated carbocycles. The van der Waals surface area contributed by atoms with Gasteiger partial charge in [0.25, 0.3) is 0 Å². The van der Waals surface area contributed by atoms with Gasteiger partial charge in [0, 0.05) is 29.7 Å². The number of hydrogen-bond donors (Lipinski definition) is 2. The van der Waals surface area contributed by atoms with Crippen LogP contribution >= 0.6 is 23.2 Å². The minimum Gasteiger partial charge on any atom is -0.481 e. The number of carboxylic acid groups (broad SMARTS) is 1. The van der Waals surface area contributed by atoms with Gasteiger partial charge in [0.15, 0.2) is 0 Å². The lowest BCUT2D eigenvalue weighted by atomic mass is 10.00. The van der Waals surface area contributed by atoms with Crippen molar-refractivity contribution in [3.05, 3.63) is 33.3 Å². The highest BCUT2D eigenvalue weighted by atomic mass is 35.5. The van der Waals surface area contributed by atoms with Gasteiger partial charge in [-0.2, -0.15) is 0 Å². The predicted octanol–water partition coefficient (Wildman–Crippen LogP) is 2.54. The average Bonchev–Trinajstić information content (AvgIpc) is 2.37. The molecule has 0 saturated heterocycles. The zero-order chi connectivity index (χ0) is 14.7. The van der Waals surface area contributed by atoms with Gasteiger partial charge in [-0.3, -0.25) is 4.79 Å². The Bertz CT molecular complexity index is 549. The number of hydrogen-bond acceptors (Lipinski definition) is 2. The molecule has 0 aromatic heterocycles. The van der Waals surface area contributed by atoms with Crippen molar-refractivity contribution in [3.8, 4) is 0 Å². The van der Waals surface area contributed by atoms with Gasteiger partial charge >= 0.3 is 12.0 Å². The topological polar surface area (TPSA) is 69.6 Å². The third-order valence-electron chi connectivity index (χ3n) is 3.15. The maximum Gasteiger partial charge on any atom is 0.317 e. The van der Waals surface area contributed by atoms with Crippen molar-refractivity contribution < 1.29 is 14.7 Å². The second kappa shape index (κ2) is 6.33. The summed E-state index contributed by atoms with van der Waals surface area (Å²) in [4.78, 5) is 23.9. The maximum atomic E-state index is 11.9. The maximum absolute atomic E-state index is 11.9. The normalized spacial score (nSPS) is 13.8. The monoisotopic (exact) mass is 316 g/mol. The smallest absolute Gasteiger partial charge is 0.317 e. The molecule has 0 fully saturated rings. The lowest BCUT2D eigenvalue weighted by Gasteiger charge is -2.29. The molecule has 1 heterocycles. The Hall–Kier alpha value is -1.46. The number of amides is 2. The second-order valence-electron chi connectivity index (χ2n) is 4.57. The lowest BCUT2D eigenvalue weighted by molar-refractivity contribution is -0.136. The number of benzene rings is 1. The van der Waals surface area contributed by atoms with Crippen LogP contribution in [-0.2, 0) is 17.8 Å². The molecule has 0 bridgehead atoms. The number of carboxylic acids is 1. The number of rotatable bonds is 3. The molecule has 5 nitrogen and oxygen atoms in total. The number of aliphatic carboxylic acids is 1. The molecule has 0 atom stereocenters. The second-order valence-corrected chi connectivity index (χ2v) is 5.42.